The van der Waals surface area contributed by atoms with Crippen molar-refractivity contribution in [2.24, 2.45) is 0 Å². The van der Waals surface area contributed by atoms with Gasteiger partial charge < -0.3 is 28.5 Å². The van der Waals surface area contributed by atoms with Crippen molar-refractivity contribution in [1.82, 2.24) is 0 Å². The van der Waals surface area contributed by atoms with Crippen molar-refractivity contribution >= 4 is 17.9 Å². The Morgan fingerprint density at radius 2 is 0.701 bits per heavy atom. The zero-order valence-electron chi connectivity index (χ0n) is 49.6. The number of unbranched alkanes of at least 4 members (excludes halogenated alkanes) is 17. The fourth-order valence-corrected chi connectivity index (χ4v) is 7.81. The van der Waals surface area contributed by atoms with Gasteiger partial charge in [0.05, 0.1) is 34.4 Å². The van der Waals surface area contributed by atoms with Crippen molar-refractivity contribution in [2.75, 3.05) is 47.5 Å². The minimum Gasteiger partial charge on any atom is -0.477 e. The van der Waals surface area contributed by atoms with Crippen LogP contribution in [-0.2, 0) is 33.3 Å². The number of quaternary nitrogens is 1. The van der Waals surface area contributed by atoms with E-state index in [1.807, 2.05) is 21.1 Å². The van der Waals surface area contributed by atoms with Crippen molar-refractivity contribution in [2.45, 2.75) is 232 Å². The molecule has 0 rings (SSSR count). The fourth-order valence-electron chi connectivity index (χ4n) is 7.81. The molecule has 0 saturated heterocycles. The van der Waals surface area contributed by atoms with E-state index in [-0.39, 0.29) is 38.6 Å². The van der Waals surface area contributed by atoms with Gasteiger partial charge in [0.15, 0.2) is 6.10 Å². The van der Waals surface area contributed by atoms with Crippen LogP contribution in [0.15, 0.2) is 134 Å². The Labute approximate surface area is 471 Å². The van der Waals surface area contributed by atoms with Crippen LogP contribution in [0.1, 0.15) is 219 Å². The zero-order chi connectivity index (χ0) is 56.2. The van der Waals surface area contributed by atoms with Gasteiger partial charge in [0.2, 0.25) is 0 Å². The maximum Gasteiger partial charge on any atom is 0.361 e. The predicted octanol–water partition coefficient (Wildman–Crippen LogP) is 18.2. The SMILES string of the molecule is CC/C=C\C/C=C\C/C=C\C/C=C\C/C=C\C/C=C\C/C=C\C/C=C\CCCCCCCCCCCCCCC(=O)OC(COC(=O)CCCCCCC/C=C\C/C=C\C/C=C\CC)COC(OCC[N+](C)(C)C)C(=O)O. The number of hydrogen-bond donors (Lipinski definition) is 1. The molecule has 0 aromatic heterocycles. The quantitative estimate of drug-likeness (QED) is 0.0211. The Kier molecular flexibility index (Phi) is 54.2. The minimum atomic E-state index is -1.52. The van der Waals surface area contributed by atoms with E-state index in [1.54, 1.807) is 0 Å². The summed E-state index contributed by atoms with van der Waals surface area (Å²) in [5.74, 6) is -2.04. The zero-order valence-corrected chi connectivity index (χ0v) is 49.6. The number of carbonyl (C=O) groups is 3. The number of carboxylic acid groups (broad SMARTS) is 1. The number of rotatable bonds is 54. The molecule has 0 radical (unpaired) electrons. The van der Waals surface area contributed by atoms with Gasteiger partial charge >= 0.3 is 17.9 Å². The molecule has 0 aliphatic heterocycles. The average molecular weight is 1070 g/mol. The summed E-state index contributed by atoms with van der Waals surface area (Å²) in [6, 6.07) is 0. The summed E-state index contributed by atoms with van der Waals surface area (Å²) < 4.78 is 22.8. The molecule has 9 heteroatoms. The lowest BCUT2D eigenvalue weighted by atomic mass is 10.0. The Hall–Kier alpha value is -4.57. The topological polar surface area (TPSA) is 108 Å². The highest BCUT2D eigenvalue weighted by Crippen LogP contribution is 2.15. The number of esters is 2. The first kappa shape index (κ1) is 72.4. The van der Waals surface area contributed by atoms with E-state index in [1.165, 1.54) is 57.8 Å². The van der Waals surface area contributed by atoms with Crippen molar-refractivity contribution in [3.63, 3.8) is 0 Å². The van der Waals surface area contributed by atoms with Crippen LogP contribution in [0.2, 0.25) is 0 Å². The van der Waals surface area contributed by atoms with E-state index in [9.17, 15) is 19.5 Å². The van der Waals surface area contributed by atoms with Crippen LogP contribution in [0.3, 0.4) is 0 Å². The summed E-state index contributed by atoms with van der Waals surface area (Å²) in [6.07, 6.45) is 79.7. The highest BCUT2D eigenvalue weighted by Gasteiger charge is 2.25. The first-order valence-corrected chi connectivity index (χ1v) is 30.3. The second-order valence-electron chi connectivity index (χ2n) is 20.9. The Bertz CT molecular complexity index is 1720. The van der Waals surface area contributed by atoms with Crippen LogP contribution in [0, 0.1) is 0 Å². The van der Waals surface area contributed by atoms with Gasteiger partial charge in [-0.2, -0.15) is 0 Å². The third-order valence-electron chi connectivity index (χ3n) is 12.4. The number of carboxylic acids is 1. The van der Waals surface area contributed by atoms with E-state index < -0.39 is 24.3 Å². The van der Waals surface area contributed by atoms with Crippen molar-refractivity contribution in [1.29, 1.82) is 0 Å². The third-order valence-corrected chi connectivity index (χ3v) is 12.4. The van der Waals surface area contributed by atoms with E-state index in [0.29, 0.717) is 17.4 Å². The molecule has 0 bridgehead atoms. The lowest BCUT2D eigenvalue weighted by Gasteiger charge is -2.25. The number of allylic oxidation sites excluding steroid dienone is 22. The molecular formula is C68H112NO8+. The summed E-state index contributed by atoms with van der Waals surface area (Å²) in [5, 5.41) is 9.70. The summed E-state index contributed by atoms with van der Waals surface area (Å²) in [6.45, 7) is 4.61. The summed E-state index contributed by atoms with van der Waals surface area (Å²) in [5.41, 5.74) is 0. The van der Waals surface area contributed by atoms with Gasteiger partial charge in [-0.3, -0.25) is 9.59 Å². The summed E-state index contributed by atoms with van der Waals surface area (Å²) >= 11 is 0. The van der Waals surface area contributed by atoms with Crippen molar-refractivity contribution in [3.05, 3.63) is 134 Å². The lowest BCUT2D eigenvalue weighted by Crippen LogP contribution is -2.40. The van der Waals surface area contributed by atoms with Gasteiger partial charge in [0.1, 0.15) is 13.2 Å². The molecule has 1 N–H and O–H groups in total. The molecule has 0 aromatic carbocycles. The molecule has 0 spiro atoms. The molecule has 77 heavy (non-hydrogen) atoms. The van der Waals surface area contributed by atoms with Gasteiger partial charge in [-0.1, -0.05) is 231 Å². The second-order valence-corrected chi connectivity index (χ2v) is 20.9. The molecule has 0 heterocycles. The first-order chi connectivity index (χ1) is 37.6. The predicted molar refractivity (Wildman–Crippen MR) is 327 cm³/mol. The molecule has 0 fully saturated rings. The van der Waals surface area contributed by atoms with Crippen LogP contribution < -0.4 is 0 Å². The fraction of sp³-hybridized carbons (Fsp3) is 0.632. The Balaban J connectivity index is 4.16. The minimum absolute atomic E-state index is 0.178. The van der Waals surface area contributed by atoms with Crippen molar-refractivity contribution in [3.8, 4) is 0 Å². The van der Waals surface area contributed by atoms with Crippen LogP contribution in [0.5, 0.6) is 0 Å². The molecule has 0 aliphatic carbocycles. The maximum absolute atomic E-state index is 12.9. The lowest BCUT2D eigenvalue weighted by molar-refractivity contribution is -0.870. The van der Waals surface area contributed by atoms with E-state index in [0.717, 1.165) is 128 Å². The van der Waals surface area contributed by atoms with Crippen LogP contribution in [-0.4, -0.2) is 87.4 Å². The second kappa shape index (κ2) is 57.6. The molecule has 0 aromatic rings. The van der Waals surface area contributed by atoms with Crippen LogP contribution in [0.25, 0.3) is 0 Å². The molecule has 0 amide bonds. The van der Waals surface area contributed by atoms with Gasteiger partial charge in [0, 0.05) is 12.8 Å². The number of aliphatic carboxylic acids is 1. The summed E-state index contributed by atoms with van der Waals surface area (Å²) in [4.78, 5) is 37.4. The summed E-state index contributed by atoms with van der Waals surface area (Å²) in [7, 11) is 5.95. The molecule has 2 atom stereocenters. The standard InChI is InChI=1S/C68H111NO8/c1-6-8-10-12-14-16-18-20-22-23-24-25-26-27-28-29-30-31-32-33-34-35-36-37-38-39-40-41-42-43-45-47-49-51-53-55-57-59-66(71)77-64(63-76-68(67(72)73)74-61-60-69(3,4)5)62-75-65(70)58-56-54-52-50-48-46-44-21-19-17-15-13-11-9-7-2/h8-11,14-17,20-22,24-25,27-28,30-31,33-34,36-37,44,64,68H,6-7,12-13,18-19,23,26,29,32,35,38-43,45-63H2,1-5H3/p+1/b10-8-,11-9-,16-14-,17-15-,22-20-,25-24-,28-27-,31-30-,34-33-,37-36-,44-21-. The molecule has 9 nitrogen and oxygen atoms in total. The number of carbonyl (C=O) groups excluding carboxylic acids is 2. The third kappa shape index (κ3) is 58.9. The molecule has 436 valence electrons. The van der Waals surface area contributed by atoms with Gasteiger partial charge in [-0.15, -0.1) is 0 Å². The van der Waals surface area contributed by atoms with Gasteiger partial charge in [0.25, 0.3) is 6.29 Å². The number of nitrogens with zero attached hydrogens (tertiary/aromatic N) is 1. The van der Waals surface area contributed by atoms with Gasteiger partial charge in [-0.05, 0) is 109 Å². The number of ether oxygens (including phenoxy) is 4. The Morgan fingerprint density at radius 1 is 0.390 bits per heavy atom. The van der Waals surface area contributed by atoms with Crippen LogP contribution in [0.4, 0.5) is 0 Å². The smallest absolute Gasteiger partial charge is 0.361 e. The highest BCUT2D eigenvalue weighted by molar-refractivity contribution is 5.71. The molecule has 2 unspecified atom stereocenters. The molecule has 0 saturated carbocycles. The Morgan fingerprint density at radius 3 is 1.04 bits per heavy atom. The monoisotopic (exact) mass is 1070 g/mol. The van der Waals surface area contributed by atoms with E-state index >= 15 is 0 Å². The van der Waals surface area contributed by atoms with E-state index in [2.05, 4.69) is 148 Å². The first-order valence-electron chi connectivity index (χ1n) is 30.3. The number of likely N-dealkylation sites (N-methyl/N-ethyl adjacent to an activating group) is 1. The average Bonchev–Trinajstić information content (AvgIpc) is 3.40. The highest BCUT2D eigenvalue weighted by atomic mass is 16.7. The number of hydrogen-bond acceptors (Lipinski definition) is 7. The largest absolute Gasteiger partial charge is 0.477 e. The maximum atomic E-state index is 12.9. The molecule has 0 aliphatic rings. The molecular weight excluding hydrogens is 959 g/mol. The van der Waals surface area contributed by atoms with Crippen LogP contribution >= 0.6 is 0 Å². The van der Waals surface area contributed by atoms with Gasteiger partial charge in [-0.25, -0.2) is 4.79 Å². The van der Waals surface area contributed by atoms with E-state index in [4.69, 9.17) is 18.9 Å². The van der Waals surface area contributed by atoms with Crippen molar-refractivity contribution < 1.29 is 42.9 Å². The normalized spacial score (nSPS) is 13.7.